The number of nitrogens with zero attached hydrogens (tertiary/aromatic N) is 1. The first-order valence-corrected chi connectivity index (χ1v) is 5.99. The number of ether oxygens (including phenoxy) is 1. The minimum Gasteiger partial charge on any atom is -0.497 e. The number of aliphatic imine (C=N–C) groups is 1. The molecule has 5 nitrogen and oxygen atoms in total. The fourth-order valence-corrected chi connectivity index (χ4v) is 1.43. The van der Waals surface area contributed by atoms with E-state index in [1.807, 2.05) is 25.1 Å². The summed E-state index contributed by atoms with van der Waals surface area (Å²) in [6, 6.07) is 5.79. The Hall–Kier alpha value is -1.75. The molecule has 0 radical (unpaired) electrons. The van der Waals surface area contributed by atoms with E-state index in [1.54, 1.807) is 7.11 Å². The summed E-state index contributed by atoms with van der Waals surface area (Å²) in [7, 11) is 1.65. The highest BCUT2D eigenvalue weighted by Crippen LogP contribution is 2.20. The van der Waals surface area contributed by atoms with E-state index in [1.165, 1.54) is 0 Å². The van der Waals surface area contributed by atoms with Crippen molar-refractivity contribution in [2.45, 2.75) is 20.8 Å². The molecule has 0 atom stereocenters. The lowest BCUT2D eigenvalue weighted by atomic mass is 10.2. The van der Waals surface area contributed by atoms with Gasteiger partial charge in [0.1, 0.15) is 5.75 Å². The Morgan fingerprint density at radius 2 is 2.17 bits per heavy atom. The summed E-state index contributed by atoms with van der Waals surface area (Å²) in [5.41, 5.74) is 4.60. The van der Waals surface area contributed by atoms with Crippen LogP contribution in [0.25, 0.3) is 0 Å². The molecule has 1 rings (SSSR count). The van der Waals surface area contributed by atoms with Crippen LogP contribution in [0.3, 0.4) is 0 Å². The summed E-state index contributed by atoms with van der Waals surface area (Å²) in [6.07, 6.45) is 0. The molecule has 0 aliphatic carbocycles. The minimum atomic E-state index is 0.493. The Labute approximate surface area is 108 Å². The predicted molar refractivity (Wildman–Crippen MR) is 75.8 cm³/mol. The standard InChI is InChI=1S/C13H22N4O/c1-9(2)8-15-13(17-14)16-12-6-5-11(18-4)7-10(12)3/h5-7,9H,8,14H2,1-4H3,(H2,15,16,17). The third-order valence-corrected chi connectivity index (χ3v) is 2.44. The minimum absolute atomic E-state index is 0.493. The maximum Gasteiger partial charge on any atom is 0.210 e. The second kappa shape index (κ2) is 6.86. The Balaban J connectivity index is 2.78. The second-order valence-corrected chi connectivity index (χ2v) is 4.53. The van der Waals surface area contributed by atoms with E-state index in [4.69, 9.17) is 10.6 Å². The van der Waals surface area contributed by atoms with Gasteiger partial charge in [0.15, 0.2) is 0 Å². The fraction of sp³-hybridized carbons (Fsp3) is 0.462. The third-order valence-electron chi connectivity index (χ3n) is 2.44. The number of anilines is 1. The third kappa shape index (κ3) is 4.25. The van der Waals surface area contributed by atoms with Crippen molar-refractivity contribution in [3.8, 4) is 5.75 Å². The smallest absolute Gasteiger partial charge is 0.210 e. The van der Waals surface area contributed by atoms with Crippen molar-refractivity contribution in [2.24, 2.45) is 16.8 Å². The molecule has 1 aromatic rings. The number of hydrogen-bond acceptors (Lipinski definition) is 3. The van der Waals surface area contributed by atoms with Crippen molar-refractivity contribution < 1.29 is 4.74 Å². The summed E-state index contributed by atoms with van der Waals surface area (Å²) in [5, 5.41) is 3.16. The topological polar surface area (TPSA) is 71.7 Å². The molecule has 0 bridgehead atoms. The van der Waals surface area contributed by atoms with Gasteiger partial charge in [-0.2, -0.15) is 0 Å². The van der Waals surface area contributed by atoms with Crippen molar-refractivity contribution in [2.75, 3.05) is 19.0 Å². The van der Waals surface area contributed by atoms with Crippen LogP contribution in [0.2, 0.25) is 0 Å². The quantitative estimate of drug-likeness (QED) is 0.330. The van der Waals surface area contributed by atoms with Crippen LogP contribution in [-0.2, 0) is 0 Å². The molecule has 100 valence electrons. The van der Waals surface area contributed by atoms with E-state index in [0.29, 0.717) is 11.9 Å². The van der Waals surface area contributed by atoms with Gasteiger partial charge >= 0.3 is 0 Å². The van der Waals surface area contributed by atoms with Crippen molar-refractivity contribution in [3.63, 3.8) is 0 Å². The normalized spacial score (nSPS) is 11.6. The molecular weight excluding hydrogens is 228 g/mol. The lowest BCUT2D eigenvalue weighted by Crippen LogP contribution is -2.36. The number of hydrogen-bond donors (Lipinski definition) is 3. The average Bonchev–Trinajstić information content (AvgIpc) is 2.35. The molecule has 0 heterocycles. The maximum atomic E-state index is 5.44. The molecule has 0 saturated heterocycles. The molecule has 0 aromatic heterocycles. The monoisotopic (exact) mass is 250 g/mol. The van der Waals surface area contributed by atoms with Gasteiger partial charge in [-0.25, -0.2) is 5.84 Å². The highest BCUT2D eigenvalue weighted by Gasteiger charge is 2.03. The molecule has 5 heteroatoms. The summed E-state index contributed by atoms with van der Waals surface area (Å²) in [6.45, 7) is 6.94. The molecule has 0 aliphatic rings. The fourth-order valence-electron chi connectivity index (χ4n) is 1.43. The Morgan fingerprint density at radius 1 is 1.44 bits per heavy atom. The van der Waals surface area contributed by atoms with Crippen molar-refractivity contribution in [1.82, 2.24) is 5.43 Å². The number of methoxy groups -OCH3 is 1. The Kier molecular flexibility index (Phi) is 5.45. The number of nitrogens with one attached hydrogen (secondary N) is 2. The van der Waals surface area contributed by atoms with Crippen LogP contribution in [0.4, 0.5) is 5.69 Å². The Bertz CT molecular complexity index is 415. The number of benzene rings is 1. The van der Waals surface area contributed by atoms with Gasteiger partial charge in [0.25, 0.3) is 0 Å². The molecule has 0 fully saturated rings. The molecule has 0 spiro atoms. The zero-order valence-corrected chi connectivity index (χ0v) is 11.4. The highest BCUT2D eigenvalue weighted by molar-refractivity contribution is 5.93. The largest absolute Gasteiger partial charge is 0.497 e. The lowest BCUT2D eigenvalue weighted by Gasteiger charge is -2.13. The van der Waals surface area contributed by atoms with Crippen LogP contribution >= 0.6 is 0 Å². The van der Waals surface area contributed by atoms with Crippen molar-refractivity contribution in [3.05, 3.63) is 23.8 Å². The van der Waals surface area contributed by atoms with Gasteiger partial charge in [0, 0.05) is 12.2 Å². The molecule has 0 amide bonds. The van der Waals surface area contributed by atoms with E-state index in [0.717, 1.165) is 23.5 Å². The number of nitrogens with two attached hydrogens (primary N) is 1. The number of guanidine groups is 1. The van der Waals surface area contributed by atoms with E-state index in [9.17, 15) is 0 Å². The molecule has 0 aliphatic heterocycles. The molecule has 0 unspecified atom stereocenters. The van der Waals surface area contributed by atoms with Gasteiger partial charge < -0.3 is 10.1 Å². The summed E-state index contributed by atoms with van der Waals surface area (Å²) in [5.74, 6) is 7.34. The van der Waals surface area contributed by atoms with Crippen LogP contribution in [0, 0.1) is 12.8 Å². The summed E-state index contributed by atoms with van der Waals surface area (Å²) >= 11 is 0. The average molecular weight is 250 g/mol. The number of aryl methyl sites for hydroxylation is 1. The zero-order chi connectivity index (χ0) is 13.5. The van der Waals surface area contributed by atoms with Crippen LogP contribution in [0.1, 0.15) is 19.4 Å². The first-order chi connectivity index (χ1) is 8.56. The van der Waals surface area contributed by atoms with E-state index >= 15 is 0 Å². The molecule has 4 N–H and O–H groups in total. The Morgan fingerprint density at radius 3 is 2.67 bits per heavy atom. The van der Waals surface area contributed by atoms with Crippen molar-refractivity contribution >= 4 is 11.6 Å². The zero-order valence-electron chi connectivity index (χ0n) is 11.4. The molecule has 0 saturated carbocycles. The first kappa shape index (κ1) is 14.3. The van der Waals surface area contributed by atoms with Crippen LogP contribution in [0.5, 0.6) is 5.75 Å². The van der Waals surface area contributed by atoms with Crippen LogP contribution < -0.4 is 21.3 Å². The van der Waals surface area contributed by atoms with Gasteiger partial charge in [-0.1, -0.05) is 13.8 Å². The van der Waals surface area contributed by atoms with Gasteiger partial charge in [-0.3, -0.25) is 10.4 Å². The van der Waals surface area contributed by atoms with Gasteiger partial charge in [0.2, 0.25) is 5.96 Å². The number of hydrazine groups is 1. The van der Waals surface area contributed by atoms with Crippen molar-refractivity contribution in [1.29, 1.82) is 0 Å². The molecular formula is C13H22N4O. The van der Waals surface area contributed by atoms with Crippen LogP contribution in [-0.4, -0.2) is 19.6 Å². The van der Waals surface area contributed by atoms with Gasteiger partial charge in [0.05, 0.1) is 7.11 Å². The highest BCUT2D eigenvalue weighted by atomic mass is 16.5. The molecule has 18 heavy (non-hydrogen) atoms. The second-order valence-electron chi connectivity index (χ2n) is 4.53. The summed E-state index contributed by atoms with van der Waals surface area (Å²) < 4.78 is 5.16. The van der Waals surface area contributed by atoms with E-state index in [2.05, 4.69) is 29.6 Å². The SMILES string of the molecule is COc1ccc(NC(=NCC(C)C)NN)c(C)c1. The number of rotatable bonds is 4. The maximum absolute atomic E-state index is 5.44. The first-order valence-electron chi connectivity index (χ1n) is 5.99. The summed E-state index contributed by atoms with van der Waals surface area (Å²) in [4.78, 5) is 4.36. The molecule has 1 aromatic carbocycles. The van der Waals surface area contributed by atoms with Gasteiger partial charge in [-0.05, 0) is 36.6 Å². The predicted octanol–water partition coefficient (Wildman–Crippen LogP) is 1.89. The van der Waals surface area contributed by atoms with Gasteiger partial charge in [-0.15, -0.1) is 0 Å². The van der Waals surface area contributed by atoms with Crippen LogP contribution in [0.15, 0.2) is 23.2 Å². The van der Waals surface area contributed by atoms with E-state index < -0.39 is 0 Å². The lowest BCUT2D eigenvalue weighted by molar-refractivity contribution is 0.414. The van der Waals surface area contributed by atoms with E-state index in [-0.39, 0.29) is 0 Å².